The lowest BCUT2D eigenvalue weighted by molar-refractivity contribution is -0.303. The molecular formula is C59H101N3O15. The van der Waals surface area contributed by atoms with Gasteiger partial charge in [0.15, 0.2) is 18.4 Å². The number of esters is 1. The Balaban J connectivity index is 1.11. The van der Waals surface area contributed by atoms with Crippen LogP contribution < -0.4 is 5.32 Å². The van der Waals surface area contributed by atoms with Crippen molar-refractivity contribution in [3.8, 4) is 0 Å². The van der Waals surface area contributed by atoms with Gasteiger partial charge in [0.05, 0.1) is 42.0 Å². The first-order chi connectivity index (χ1) is 35.9. The number of carbonyl (C=O) groups is 3. The third-order valence-corrected chi connectivity index (χ3v) is 21.1. The summed E-state index contributed by atoms with van der Waals surface area (Å²) in [6.07, 6.45) is -1.07. The zero-order valence-electron chi connectivity index (χ0n) is 49.2. The van der Waals surface area contributed by atoms with Crippen molar-refractivity contribution in [2.45, 2.75) is 262 Å². The van der Waals surface area contributed by atoms with Crippen molar-refractivity contribution in [3.63, 3.8) is 0 Å². The number of amides is 1. The van der Waals surface area contributed by atoms with Crippen LogP contribution in [-0.2, 0) is 42.8 Å². The third kappa shape index (κ3) is 12.2. The van der Waals surface area contributed by atoms with E-state index in [1.54, 1.807) is 27.7 Å². The summed E-state index contributed by atoms with van der Waals surface area (Å²) >= 11 is 0. The molecule has 3 saturated carbocycles. The molecule has 4 unspecified atom stereocenters. The highest BCUT2D eigenvalue weighted by Crippen LogP contribution is 2.67. The van der Waals surface area contributed by atoms with Gasteiger partial charge in [-0.1, -0.05) is 40.2 Å². The van der Waals surface area contributed by atoms with Gasteiger partial charge in [-0.05, 0) is 167 Å². The highest BCUT2D eigenvalue weighted by Gasteiger charge is 2.68. The van der Waals surface area contributed by atoms with Gasteiger partial charge in [0.1, 0.15) is 35.6 Å². The SMILES string of the molecule is CC[C@H]1OC(=O)[C@H](C)[C@@H](O[C@@H]2C[C@](C)(OC)[C@H](O)[C@@H](C)O2)C[C@@H](O[C@H]2O[C@@H](C)C[C@H](N(C)C)C2O)C(C)(C)CCCN(CCCNC(=O)[C@@]2(O)CCC3C4CCC5=CC(=O)CC[C@]5(C)C4[C@@H](O)C[C@@]32C)[C@H](C)[C@H](O)[C@@]1(C)O. The first-order valence-electron chi connectivity index (χ1n) is 29.4. The van der Waals surface area contributed by atoms with Crippen LogP contribution >= 0.6 is 0 Å². The van der Waals surface area contributed by atoms with E-state index in [9.17, 15) is 45.0 Å². The van der Waals surface area contributed by atoms with E-state index in [0.717, 1.165) is 18.4 Å². The number of rotatable bonds is 12. The smallest absolute Gasteiger partial charge is 0.311 e. The van der Waals surface area contributed by atoms with Gasteiger partial charge in [-0.25, -0.2) is 0 Å². The second kappa shape index (κ2) is 24.0. The molecule has 3 heterocycles. The van der Waals surface area contributed by atoms with Crippen LogP contribution in [0.4, 0.5) is 0 Å². The average Bonchev–Trinajstić information content (AvgIpc) is 3.64. The van der Waals surface area contributed by atoms with E-state index in [0.29, 0.717) is 70.9 Å². The normalized spacial score (nSPS) is 47.4. The highest BCUT2D eigenvalue weighted by molar-refractivity contribution is 5.91. The van der Waals surface area contributed by atoms with Crippen LogP contribution in [0.3, 0.4) is 0 Å². The molecule has 18 heteroatoms. The number of aliphatic hydroxyl groups is 6. The van der Waals surface area contributed by atoms with Crippen LogP contribution in [0.2, 0.25) is 0 Å². The van der Waals surface area contributed by atoms with Crippen LogP contribution in [0.15, 0.2) is 11.6 Å². The molecule has 7 rings (SSSR count). The molecule has 0 aromatic rings. The topological polar surface area (TPSA) is 246 Å². The first kappa shape index (κ1) is 62.4. The van der Waals surface area contributed by atoms with Gasteiger partial charge in [0.25, 0.3) is 5.91 Å². The van der Waals surface area contributed by atoms with E-state index in [1.165, 1.54) is 14.0 Å². The van der Waals surface area contributed by atoms with E-state index in [1.807, 2.05) is 45.8 Å². The molecule has 3 saturated heterocycles. The molecule has 0 spiro atoms. The molecule has 0 bridgehead atoms. The maximum Gasteiger partial charge on any atom is 0.311 e. The van der Waals surface area contributed by atoms with Gasteiger partial charge in [0, 0.05) is 57.0 Å². The van der Waals surface area contributed by atoms with Crippen molar-refractivity contribution in [2.75, 3.05) is 40.8 Å². The summed E-state index contributed by atoms with van der Waals surface area (Å²) in [4.78, 5) is 45.5. The number of cyclic esters (lactones) is 1. The fourth-order valence-corrected chi connectivity index (χ4v) is 15.8. The largest absolute Gasteiger partial charge is 0.459 e. The number of nitrogens with one attached hydrogen (secondary N) is 1. The molecular weight excluding hydrogens is 991 g/mol. The van der Waals surface area contributed by atoms with Gasteiger partial charge in [0.2, 0.25) is 0 Å². The number of methoxy groups -OCH3 is 1. The number of ether oxygens (including phenoxy) is 6. The van der Waals surface area contributed by atoms with Crippen LogP contribution in [0.25, 0.3) is 0 Å². The monoisotopic (exact) mass is 1090 g/mol. The van der Waals surface area contributed by atoms with Gasteiger partial charge in [-0.3, -0.25) is 19.3 Å². The molecule has 7 aliphatic rings. The fraction of sp³-hybridized carbons (Fsp3) is 0.915. The Hall–Kier alpha value is -2.17. The predicted octanol–water partition coefficient (Wildman–Crippen LogP) is 4.79. The molecule has 4 aliphatic carbocycles. The number of fused-ring (bicyclic) bond motifs is 5. The summed E-state index contributed by atoms with van der Waals surface area (Å²) in [5, 5.41) is 74.9. The van der Waals surface area contributed by atoms with Crippen molar-refractivity contribution in [1.29, 1.82) is 0 Å². The first-order valence-corrected chi connectivity index (χ1v) is 29.4. The minimum Gasteiger partial charge on any atom is -0.459 e. The Bertz CT molecular complexity index is 2090. The standard InChI is InChI=1S/C59H101N3O15/c1-15-44-58(11,70)49(66)35(4)62(27-17-25-60-53(69)59(71)24-21-40-39-19-18-37-29-38(63)20-23-55(37,8)47(39)42(64)31-56(40,59)9)26-16-22-54(6,7)45(77-52-48(65)41(61(12)13)28-33(2)73-52)30-43(34(3)51(68)76-44)75-46-32-57(10,72-14)50(67)36(5)74-46/h29,33-36,39-50,52,64-67,70-71H,15-28,30-32H2,1-14H3,(H,60,69)/t33-,34+,35+,36+,39?,40?,41-,42-,43-,44+,45+,46+,47?,48?,49-,50+,52+,55-,56-,57-,58-,59-/m0/s1. The van der Waals surface area contributed by atoms with Crippen LogP contribution in [-0.4, -0.2) is 195 Å². The van der Waals surface area contributed by atoms with Crippen LogP contribution in [0.1, 0.15) is 166 Å². The van der Waals surface area contributed by atoms with E-state index in [2.05, 4.69) is 31.0 Å². The average molecular weight is 1090 g/mol. The lowest BCUT2D eigenvalue weighted by atomic mass is 9.45. The van der Waals surface area contributed by atoms with Crippen LogP contribution in [0, 0.1) is 39.9 Å². The number of allylic oxidation sites excluding steroid dienone is 1. The number of ketones is 1. The predicted molar refractivity (Wildman–Crippen MR) is 288 cm³/mol. The number of carbonyl (C=O) groups excluding carboxylic acids is 3. The second-order valence-corrected chi connectivity index (χ2v) is 26.8. The molecule has 22 atom stereocenters. The zero-order valence-corrected chi connectivity index (χ0v) is 49.2. The number of likely N-dealkylation sites (N-methyl/N-ethyl adjacent to an activating group) is 1. The van der Waals surface area contributed by atoms with Gasteiger partial charge >= 0.3 is 5.97 Å². The molecule has 3 aliphatic heterocycles. The van der Waals surface area contributed by atoms with Crippen molar-refractivity contribution in [2.24, 2.45) is 39.9 Å². The van der Waals surface area contributed by atoms with Crippen molar-refractivity contribution in [1.82, 2.24) is 15.1 Å². The Labute approximate surface area is 459 Å². The maximum atomic E-state index is 14.6. The Morgan fingerprint density at radius 3 is 2.26 bits per heavy atom. The molecule has 77 heavy (non-hydrogen) atoms. The summed E-state index contributed by atoms with van der Waals surface area (Å²) in [7, 11) is 5.36. The van der Waals surface area contributed by atoms with Crippen molar-refractivity contribution < 1.29 is 73.4 Å². The summed E-state index contributed by atoms with van der Waals surface area (Å²) in [6, 6.07) is -0.902. The molecule has 6 fully saturated rings. The third-order valence-electron chi connectivity index (χ3n) is 21.1. The molecule has 0 aromatic heterocycles. The van der Waals surface area contributed by atoms with Crippen molar-refractivity contribution in [3.05, 3.63) is 11.6 Å². The number of nitrogens with zero attached hydrogens (tertiary/aromatic N) is 2. The number of aliphatic hydroxyl groups excluding tert-OH is 4. The minimum atomic E-state index is -1.91. The molecule has 442 valence electrons. The Morgan fingerprint density at radius 1 is 0.896 bits per heavy atom. The Morgan fingerprint density at radius 2 is 1.60 bits per heavy atom. The van der Waals surface area contributed by atoms with E-state index in [-0.39, 0.29) is 66.9 Å². The molecule has 0 aromatic carbocycles. The zero-order chi connectivity index (χ0) is 57.0. The summed E-state index contributed by atoms with van der Waals surface area (Å²) in [6.45, 7) is 21.7. The Kier molecular flexibility index (Phi) is 19.4. The fourth-order valence-electron chi connectivity index (χ4n) is 15.8. The lowest BCUT2D eigenvalue weighted by Gasteiger charge is -2.60. The molecule has 18 nitrogen and oxygen atoms in total. The van der Waals surface area contributed by atoms with Crippen LogP contribution in [0.5, 0.6) is 0 Å². The molecule has 7 N–H and O–H groups in total. The van der Waals surface area contributed by atoms with E-state index >= 15 is 0 Å². The summed E-state index contributed by atoms with van der Waals surface area (Å²) < 4.78 is 38.4. The lowest BCUT2D eigenvalue weighted by Crippen LogP contribution is -2.63. The summed E-state index contributed by atoms with van der Waals surface area (Å²) in [5.41, 5.74) is -5.27. The van der Waals surface area contributed by atoms with Gasteiger partial charge in [-0.15, -0.1) is 0 Å². The number of hydrogen-bond donors (Lipinski definition) is 7. The molecule has 0 radical (unpaired) electrons. The number of hydrogen-bond acceptors (Lipinski definition) is 17. The van der Waals surface area contributed by atoms with Crippen molar-refractivity contribution >= 4 is 17.7 Å². The van der Waals surface area contributed by atoms with E-state index < -0.39 is 113 Å². The highest BCUT2D eigenvalue weighted by atomic mass is 16.7. The summed E-state index contributed by atoms with van der Waals surface area (Å²) in [5.74, 6) is -1.80. The molecule has 1 amide bonds. The van der Waals surface area contributed by atoms with E-state index in [4.69, 9.17) is 28.4 Å². The second-order valence-electron chi connectivity index (χ2n) is 26.8. The maximum absolute atomic E-state index is 14.6. The van der Waals surface area contributed by atoms with Gasteiger partial charge < -0.3 is 69.3 Å². The van der Waals surface area contributed by atoms with Gasteiger partial charge in [-0.2, -0.15) is 0 Å². The minimum absolute atomic E-state index is 0.0377. The quantitative estimate of drug-likeness (QED) is 0.103.